The molecule has 4 rings (SSSR count). The summed E-state index contributed by atoms with van der Waals surface area (Å²) in [6.45, 7) is 3.79. The Balaban J connectivity index is 1.61. The maximum Gasteiger partial charge on any atom is 0.348 e. The summed E-state index contributed by atoms with van der Waals surface area (Å²) in [4.78, 5) is 37.6. The number of benzene rings is 1. The first-order valence-corrected chi connectivity index (χ1v) is 10.5. The van der Waals surface area contributed by atoms with Gasteiger partial charge in [-0.05, 0) is 31.5 Å². The average Bonchev–Trinajstić information content (AvgIpc) is 3.03. The number of hydrogen-bond acceptors (Lipinski definition) is 7. The van der Waals surface area contributed by atoms with E-state index < -0.39 is 5.97 Å². The van der Waals surface area contributed by atoms with Gasteiger partial charge in [-0.3, -0.25) is 4.79 Å². The Bertz CT molecular complexity index is 1250. The quantitative estimate of drug-likeness (QED) is 0.389. The number of nitrogens with one attached hydrogen (secondary N) is 1. The molecule has 28 heavy (non-hydrogen) atoms. The lowest BCUT2D eigenvalue weighted by Gasteiger charge is -2.03. The van der Waals surface area contributed by atoms with E-state index in [1.165, 1.54) is 23.1 Å². The van der Waals surface area contributed by atoms with E-state index in [0.717, 1.165) is 15.9 Å². The van der Waals surface area contributed by atoms with Gasteiger partial charge in [0.2, 0.25) is 0 Å². The topological polar surface area (TPSA) is 84.9 Å². The second-order valence-corrected chi connectivity index (χ2v) is 8.09. The number of aromatic amines is 1. The molecule has 1 aromatic carbocycles. The molecule has 6 nitrogen and oxygen atoms in total. The second-order valence-electron chi connectivity index (χ2n) is 6.10. The summed E-state index contributed by atoms with van der Waals surface area (Å²) in [5, 5.41) is 2.39. The minimum Gasteiger partial charge on any atom is -0.462 e. The van der Waals surface area contributed by atoms with Crippen molar-refractivity contribution in [2.75, 3.05) is 6.61 Å². The molecule has 1 N–H and O–H groups in total. The van der Waals surface area contributed by atoms with Gasteiger partial charge in [-0.15, -0.1) is 11.3 Å². The van der Waals surface area contributed by atoms with E-state index in [0.29, 0.717) is 32.2 Å². The van der Waals surface area contributed by atoms with E-state index in [1.54, 1.807) is 13.8 Å². The molecular weight excluding hydrogens is 394 g/mol. The number of esters is 1. The first-order chi connectivity index (χ1) is 13.6. The predicted octanol–water partition coefficient (Wildman–Crippen LogP) is 4.31. The molecular formula is C20H17N3O3S2. The Morgan fingerprint density at radius 3 is 2.86 bits per heavy atom. The Hall–Kier alpha value is -2.71. The van der Waals surface area contributed by atoms with Gasteiger partial charge in [0.1, 0.15) is 15.5 Å². The number of nitrogens with zero attached hydrogens (tertiary/aromatic N) is 2. The number of thiophene rings is 1. The number of pyridine rings is 1. The van der Waals surface area contributed by atoms with Crippen molar-refractivity contribution in [3.8, 4) is 0 Å². The summed E-state index contributed by atoms with van der Waals surface area (Å²) >= 11 is 2.69. The van der Waals surface area contributed by atoms with Crippen molar-refractivity contribution in [2.45, 2.75) is 24.6 Å². The zero-order valence-electron chi connectivity index (χ0n) is 15.3. The summed E-state index contributed by atoms with van der Waals surface area (Å²) < 4.78 is 5.07. The maximum atomic E-state index is 12.5. The van der Waals surface area contributed by atoms with Crippen LogP contribution in [0.5, 0.6) is 0 Å². The van der Waals surface area contributed by atoms with Crippen molar-refractivity contribution >= 4 is 50.2 Å². The highest BCUT2D eigenvalue weighted by Gasteiger charge is 2.20. The Morgan fingerprint density at radius 2 is 2.04 bits per heavy atom. The fourth-order valence-electron chi connectivity index (χ4n) is 2.92. The number of fused-ring (bicyclic) bond motifs is 2. The van der Waals surface area contributed by atoms with Crippen LogP contribution in [0.3, 0.4) is 0 Å². The van der Waals surface area contributed by atoms with E-state index in [1.807, 2.05) is 36.4 Å². The fraction of sp³-hybridized carbons (Fsp3) is 0.200. The van der Waals surface area contributed by atoms with Crippen molar-refractivity contribution in [3.63, 3.8) is 0 Å². The highest BCUT2D eigenvalue weighted by Crippen LogP contribution is 2.29. The summed E-state index contributed by atoms with van der Waals surface area (Å²) in [5.41, 5.74) is 1.30. The van der Waals surface area contributed by atoms with Crippen LogP contribution in [0.2, 0.25) is 0 Å². The molecule has 0 bridgehead atoms. The molecule has 3 aromatic heterocycles. The minimum atomic E-state index is -0.418. The van der Waals surface area contributed by atoms with E-state index >= 15 is 0 Å². The van der Waals surface area contributed by atoms with Crippen LogP contribution in [-0.4, -0.2) is 27.5 Å². The Morgan fingerprint density at radius 1 is 1.21 bits per heavy atom. The number of aryl methyl sites for hydroxylation is 1. The molecule has 0 saturated heterocycles. The molecule has 3 heterocycles. The smallest absolute Gasteiger partial charge is 0.348 e. The van der Waals surface area contributed by atoms with Gasteiger partial charge < -0.3 is 9.72 Å². The van der Waals surface area contributed by atoms with E-state index in [-0.39, 0.29) is 12.2 Å². The van der Waals surface area contributed by atoms with Crippen molar-refractivity contribution in [1.29, 1.82) is 0 Å². The van der Waals surface area contributed by atoms with E-state index in [4.69, 9.17) is 4.74 Å². The van der Waals surface area contributed by atoms with Crippen LogP contribution in [-0.2, 0) is 10.5 Å². The predicted molar refractivity (Wildman–Crippen MR) is 112 cm³/mol. The van der Waals surface area contributed by atoms with Gasteiger partial charge in [0.25, 0.3) is 5.56 Å². The lowest BCUT2D eigenvalue weighted by Crippen LogP contribution is -2.11. The van der Waals surface area contributed by atoms with Gasteiger partial charge in [-0.25, -0.2) is 14.8 Å². The molecule has 142 valence electrons. The number of para-hydroxylation sites is 1. The van der Waals surface area contributed by atoms with Gasteiger partial charge in [-0.2, -0.15) is 0 Å². The number of carbonyl (C=O) groups excluding carboxylic acids is 1. The number of hydrogen-bond donors (Lipinski definition) is 1. The third-order valence-corrected chi connectivity index (χ3v) is 6.35. The maximum absolute atomic E-state index is 12.5. The summed E-state index contributed by atoms with van der Waals surface area (Å²) in [6.07, 6.45) is 0. The lowest BCUT2D eigenvalue weighted by molar-refractivity contribution is 0.0531. The molecule has 0 unspecified atom stereocenters. The standard InChI is InChI=1S/C20H17N3O3S2/c1-3-26-20(25)17-11(2)16-18(24)22-14(23-19(16)28-17)10-27-15-9-8-12-6-4-5-7-13(12)21-15/h4-9H,3,10H2,1-2H3,(H,22,23,24). The molecule has 0 atom stereocenters. The third-order valence-electron chi connectivity index (χ3n) is 4.24. The average molecular weight is 412 g/mol. The third kappa shape index (κ3) is 3.53. The van der Waals surface area contributed by atoms with Gasteiger partial charge in [0.05, 0.1) is 28.3 Å². The van der Waals surface area contributed by atoms with Crippen molar-refractivity contribution in [2.24, 2.45) is 0 Å². The van der Waals surface area contributed by atoms with Crippen LogP contribution in [0.15, 0.2) is 46.2 Å². The number of thioether (sulfide) groups is 1. The van der Waals surface area contributed by atoms with E-state index in [2.05, 4.69) is 15.0 Å². The normalized spacial score (nSPS) is 11.2. The zero-order chi connectivity index (χ0) is 19.7. The molecule has 0 saturated carbocycles. The largest absolute Gasteiger partial charge is 0.462 e. The van der Waals surface area contributed by atoms with Gasteiger partial charge in [0, 0.05) is 5.39 Å². The van der Waals surface area contributed by atoms with Crippen LogP contribution >= 0.6 is 23.1 Å². The first-order valence-electron chi connectivity index (χ1n) is 8.75. The summed E-state index contributed by atoms with van der Waals surface area (Å²) in [5.74, 6) is 0.607. The summed E-state index contributed by atoms with van der Waals surface area (Å²) in [7, 11) is 0. The van der Waals surface area contributed by atoms with Crippen molar-refractivity contribution in [1.82, 2.24) is 15.0 Å². The van der Waals surface area contributed by atoms with Crippen molar-refractivity contribution < 1.29 is 9.53 Å². The zero-order valence-corrected chi connectivity index (χ0v) is 16.9. The molecule has 0 aliphatic carbocycles. The van der Waals surface area contributed by atoms with Gasteiger partial charge in [-0.1, -0.05) is 36.0 Å². The van der Waals surface area contributed by atoms with Crippen LogP contribution in [0, 0.1) is 6.92 Å². The number of ether oxygens (including phenoxy) is 1. The van der Waals surface area contributed by atoms with Gasteiger partial charge in [0.15, 0.2) is 0 Å². The lowest BCUT2D eigenvalue weighted by atomic mass is 10.2. The highest BCUT2D eigenvalue weighted by molar-refractivity contribution is 7.98. The number of H-pyrrole nitrogens is 1. The molecule has 8 heteroatoms. The monoisotopic (exact) mass is 411 g/mol. The molecule has 0 radical (unpaired) electrons. The molecule has 0 amide bonds. The van der Waals surface area contributed by atoms with E-state index in [9.17, 15) is 9.59 Å². The number of rotatable bonds is 5. The van der Waals surface area contributed by atoms with Crippen molar-refractivity contribution in [3.05, 3.63) is 63.0 Å². The summed E-state index contributed by atoms with van der Waals surface area (Å²) in [6, 6.07) is 11.9. The fourth-order valence-corrected chi connectivity index (χ4v) is 4.76. The number of aromatic nitrogens is 3. The molecule has 0 aliphatic rings. The molecule has 0 fully saturated rings. The SMILES string of the molecule is CCOC(=O)c1sc2nc(CSc3ccc4ccccc4n3)[nH]c(=O)c2c1C. The van der Waals surface area contributed by atoms with Crippen LogP contribution in [0.4, 0.5) is 0 Å². The van der Waals surface area contributed by atoms with Gasteiger partial charge >= 0.3 is 5.97 Å². The second kappa shape index (κ2) is 7.73. The molecule has 4 aromatic rings. The first kappa shape index (κ1) is 18.6. The Labute approximate surface area is 169 Å². The molecule has 0 aliphatic heterocycles. The number of carbonyl (C=O) groups is 1. The Kier molecular flexibility index (Phi) is 5.15. The highest BCUT2D eigenvalue weighted by atomic mass is 32.2. The van der Waals surface area contributed by atoms with Crippen LogP contribution in [0.1, 0.15) is 28.0 Å². The minimum absolute atomic E-state index is 0.239. The molecule has 0 spiro atoms. The van der Waals surface area contributed by atoms with Crippen LogP contribution in [0.25, 0.3) is 21.1 Å². The van der Waals surface area contributed by atoms with Crippen LogP contribution < -0.4 is 5.56 Å².